The molecule has 0 saturated carbocycles. The summed E-state index contributed by atoms with van der Waals surface area (Å²) in [7, 11) is 0. The van der Waals surface area contributed by atoms with Gasteiger partial charge in [0.2, 0.25) is 0 Å². The molecule has 0 radical (unpaired) electrons. The largest absolute Gasteiger partial charge is 0.383 e. The van der Waals surface area contributed by atoms with Gasteiger partial charge in [-0.3, -0.25) is 0 Å². The van der Waals surface area contributed by atoms with Crippen LogP contribution in [0.5, 0.6) is 0 Å². The van der Waals surface area contributed by atoms with E-state index in [-0.39, 0.29) is 12.6 Å². The Bertz CT molecular complexity index is 781. The van der Waals surface area contributed by atoms with Crippen LogP contribution in [0.4, 0.5) is 10.5 Å². The molecule has 0 aliphatic carbocycles. The molecule has 2 heterocycles. The van der Waals surface area contributed by atoms with Crippen molar-refractivity contribution in [2.24, 2.45) is 0 Å². The summed E-state index contributed by atoms with van der Waals surface area (Å²) in [6.45, 7) is 1.81. The number of hydrogen-bond donors (Lipinski definition) is 3. The van der Waals surface area contributed by atoms with E-state index in [0.717, 1.165) is 10.6 Å². The third-order valence-corrected chi connectivity index (χ3v) is 4.66. The van der Waals surface area contributed by atoms with E-state index >= 15 is 0 Å². The number of benzene rings is 1. The molecule has 6 nitrogen and oxygen atoms in total. The highest BCUT2D eigenvalue weighted by Crippen LogP contribution is 2.24. The third-order valence-electron chi connectivity index (χ3n) is 3.54. The molecule has 2 aromatic heterocycles. The number of aromatic nitrogens is 2. The number of rotatable bonds is 5. The highest BCUT2D eigenvalue weighted by atomic mass is 32.1. The molecular formula is C17H18N4O2S. The van der Waals surface area contributed by atoms with Gasteiger partial charge < -0.3 is 15.7 Å². The first-order valence-electron chi connectivity index (χ1n) is 7.46. The van der Waals surface area contributed by atoms with Crippen molar-refractivity contribution in [3.05, 3.63) is 65.1 Å². The van der Waals surface area contributed by atoms with Gasteiger partial charge in [-0.2, -0.15) is 5.10 Å². The van der Waals surface area contributed by atoms with Crippen LogP contribution >= 0.6 is 11.3 Å². The fraction of sp³-hybridized carbons (Fsp3) is 0.176. The average Bonchev–Trinajstić information content (AvgIpc) is 3.27. The number of urea groups is 1. The van der Waals surface area contributed by atoms with Crippen molar-refractivity contribution in [1.29, 1.82) is 0 Å². The summed E-state index contributed by atoms with van der Waals surface area (Å²) in [6.07, 6.45) is 3.56. The Hall–Kier alpha value is -2.64. The van der Waals surface area contributed by atoms with Crippen molar-refractivity contribution in [3.8, 4) is 5.69 Å². The number of aliphatic hydroxyl groups is 1. The number of nitrogens with one attached hydrogen (secondary N) is 2. The zero-order valence-corrected chi connectivity index (χ0v) is 14.0. The molecule has 0 spiro atoms. The third kappa shape index (κ3) is 3.81. The molecular weight excluding hydrogens is 324 g/mol. The summed E-state index contributed by atoms with van der Waals surface area (Å²) in [5, 5.41) is 21.9. The van der Waals surface area contributed by atoms with Gasteiger partial charge >= 0.3 is 6.03 Å². The molecule has 0 bridgehead atoms. The van der Waals surface area contributed by atoms with Crippen LogP contribution in [0.3, 0.4) is 0 Å². The van der Waals surface area contributed by atoms with Crippen molar-refractivity contribution in [2.75, 3.05) is 11.9 Å². The predicted octanol–water partition coefficient (Wildman–Crippen LogP) is 2.96. The highest BCUT2D eigenvalue weighted by molar-refractivity contribution is 7.10. The second kappa shape index (κ2) is 6.86. The van der Waals surface area contributed by atoms with Gasteiger partial charge in [0.15, 0.2) is 0 Å². The normalized spacial score (nSPS) is 13.2. The molecule has 3 N–H and O–H groups in total. The molecule has 1 aromatic carbocycles. The van der Waals surface area contributed by atoms with Gasteiger partial charge in [0.25, 0.3) is 0 Å². The van der Waals surface area contributed by atoms with Crippen molar-refractivity contribution >= 4 is 23.1 Å². The molecule has 24 heavy (non-hydrogen) atoms. The van der Waals surface area contributed by atoms with Gasteiger partial charge in [-0.05, 0) is 48.7 Å². The number of hydrogen-bond acceptors (Lipinski definition) is 4. The van der Waals surface area contributed by atoms with Crippen LogP contribution in [0.25, 0.3) is 5.69 Å². The summed E-state index contributed by atoms with van der Waals surface area (Å²) in [5.41, 5.74) is 0.487. The monoisotopic (exact) mass is 342 g/mol. The van der Waals surface area contributed by atoms with Crippen LogP contribution in [-0.4, -0.2) is 27.5 Å². The standard InChI is InChI=1S/C17H18N4O2S/c1-17(23,15-4-2-11-24-15)12-18-16(22)20-13-5-7-14(8-6-13)21-10-3-9-19-21/h2-11,23H,12H2,1H3,(H2,18,20,22). The molecule has 0 saturated heterocycles. The molecule has 3 rings (SSSR count). The minimum Gasteiger partial charge on any atom is -0.383 e. The first kappa shape index (κ1) is 16.2. The van der Waals surface area contributed by atoms with Crippen molar-refractivity contribution < 1.29 is 9.90 Å². The molecule has 0 aliphatic heterocycles. The number of anilines is 1. The number of carbonyl (C=O) groups excluding carboxylic acids is 1. The molecule has 7 heteroatoms. The second-order valence-electron chi connectivity index (χ2n) is 5.56. The lowest BCUT2D eigenvalue weighted by Gasteiger charge is -2.22. The van der Waals surface area contributed by atoms with E-state index in [1.54, 1.807) is 29.9 Å². The van der Waals surface area contributed by atoms with E-state index < -0.39 is 5.60 Å². The summed E-state index contributed by atoms with van der Waals surface area (Å²) in [6, 6.07) is 12.5. The van der Waals surface area contributed by atoms with Gasteiger partial charge in [0, 0.05) is 23.0 Å². The number of amides is 2. The van der Waals surface area contributed by atoms with E-state index in [2.05, 4.69) is 15.7 Å². The lowest BCUT2D eigenvalue weighted by molar-refractivity contribution is 0.0637. The number of carbonyl (C=O) groups is 1. The highest BCUT2D eigenvalue weighted by Gasteiger charge is 2.24. The number of nitrogens with zero attached hydrogens (tertiary/aromatic N) is 2. The van der Waals surface area contributed by atoms with Crippen LogP contribution in [-0.2, 0) is 5.60 Å². The van der Waals surface area contributed by atoms with Crippen LogP contribution in [0.15, 0.2) is 60.2 Å². The topological polar surface area (TPSA) is 79.2 Å². The summed E-state index contributed by atoms with van der Waals surface area (Å²) >= 11 is 1.46. The van der Waals surface area contributed by atoms with E-state index in [0.29, 0.717) is 5.69 Å². The fourth-order valence-electron chi connectivity index (χ4n) is 2.22. The van der Waals surface area contributed by atoms with Crippen LogP contribution in [0.1, 0.15) is 11.8 Å². The molecule has 1 unspecified atom stereocenters. The Kier molecular flexibility index (Phi) is 4.64. The predicted molar refractivity (Wildman–Crippen MR) is 94.5 cm³/mol. The van der Waals surface area contributed by atoms with E-state index in [1.165, 1.54) is 11.3 Å². The smallest absolute Gasteiger partial charge is 0.319 e. The van der Waals surface area contributed by atoms with E-state index in [1.807, 2.05) is 41.9 Å². The summed E-state index contributed by atoms with van der Waals surface area (Å²) < 4.78 is 1.74. The quantitative estimate of drug-likeness (QED) is 0.667. The van der Waals surface area contributed by atoms with Gasteiger partial charge in [-0.1, -0.05) is 6.07 Å². The number of thiophene rings is 1. The second-order valence-corrected chi connectivity index (χ2v) is 6.50. The van der Waals surface area contributed by atoms with Crippen molar-refractivity contribution in [1.82, 2.24) is 15.1 Å². The zero-order valence-electron chi connectivity index (χ0n) is 13.1. The van der Waals surface area contributed by atoms with Crippen LogP contribution < -0.4 is 10.6 Å². The molecule has 2 amide bonds. The molecule has 124 valence electrons. The Labute approximate surface area is 143 Å². The van der Waals surface area contributed by atoms with Gasteiger partial charge in [0.05, 0.1) is 12.2 Å². The fourth-order valence-corrected chi connectivity index (χ4v) is 3.01. The Morgan fingerprint density at radius 3 is 2.71 bits per heavy atom. The van der Waals surface area contributed by atoms with Crippen molar-refractivity contribution in [3.63, 3.8) is 0 Å². The SMILES string of the molecule is CC(O)(CNC(=O)Nc1ccc(-n2cccn2)cc1)c1cccs1. The molecule has 1 atom stereocenters. The zero-order chi connectivity index (χ0) is 17.0. The van der Waals surface area contributed by atoms with Gasteiger partial charge in [0.1, 0.15) is 5.60 Å². The summed E-state index contributed by atoms with van der Waals surface area (Å²) in [5.74, 6) is 0. The molecule has 0 fully saturated rings. The lowest BCUT2D eigenvalue weighted by Crippen LogP contribution is -2.40. The van der Waals surface area contributed by atoms with Gasteiger partial charge in [-0.25, -0.2) is 9.48 Å². The first-order valence-corrected chi connectivity index (χ1v) is 8.34. The van der Waals surface area contributed by atoms with Crippen LogP contribution in [0.2, 0.25) is 0 Å². The summed E-state index contributed by atoms with van der Waals surface area (Å²) in [4.78, 5) is 12.8. The van der Waals surface area contributed by atoms with E-state index in [9.17, 15) is 9.90 Å². The minimum absolute atomic E-state index is 0.130. The Morgan fingerprint density at radius 1 is 1.29 bits per heavy atom. The molecule has 0 aliphatic rings. The Balaban J connectivity index is 1.55. The van der Waals surface area contributed by atoms with Gasteiger partial charge in [-0.15, -0.1) is 11.3 Å². The average molecular weight is 342 g/mol. The first-order chi connectivity index (χ1) is 11.5. The minimum atomic E-state index is -1.09. The van der Waals surface area contributed by atoms with Crippen LogP contribution in [0, 0.1) is 0 Å². The maximum Gasteiger partial charge on any atom is 0.319 e. The van der Waals surface area contributed by atoms with Crippen molar-refractivity contribution in [2.45, 2.75) is 12.5 Å². The maximum absolute atomic E-state index is 12.0. The lowest BCUT2D eigenvalue weighted by atomic mass is 10.1. The Morgan fingerprint density at radius 2 is 2.08 bits per heavy atom. The maximum atomic E-state index is 12.0. The van der Waals surface area contributed by atoms with E-state index in [4.69, 9.17) is 0 Å². The molecule has 3 aromatic rings.